The zero-order valence-corrected chi connectivity index (χ0v) is 18.9. The molecule has 0 atom stereocenters. The number of piperazine rings is 1. The quantitative estimate of drug-likeness (QED) is 0.635. The average Bonchev–Trinajstić information content (AvgIpc) is 2.78. The minimum Gasteiger partial charge on any atom is -0.497 e. The highest BCUT2D eigenvalue weighted by atomic mass is 32.2. The van der Waals surface area contributed by atoms with Gasteiger partial charge in [0.1, 0.15) is 16.4 Å². The van der Waals surface area contributed by atoms with Crippen molar-refractivity contribution in [3.05, 3.63) is 48.0 Å². The molecule has 1 aliphatic heterocycles. The summed E-state index contributed by atoms with van der Waals surface area (Å²) in [4.78, 5) is 0.241. The van der Waals surface area contributed by atoms with E-state index in [2.05, 4.69) is 0 Å². The van der Waals surface area contributed by atoms with Crippen molar-refractivity contribution in [3.63, 3.8) is 0 Å². The van der Waals surface area contributed by atoms with Crippen molar-refractivity contribution in [3.8, 4) is 11.5 Å². The van der Waals surface area contributed by atoms with E-state index in [1.165, 1.54) is 35.0 Å². The van der Waals surface area contributed by atoms with Gasteiger partial charge in [-0.25, -0.2) is 16.8 Å². The smallest absolute Gasteiger partial charge is 0.246 e. The summed E-state index contributed by atoms with van der Waals surface area (Å²) < 4.78 is 65.0. The van der Waals surface area contributed by atoms with Crippen LogP contribution in [0.5, 0.6) is 11.5 Å². The van der Waals surface area contributed by atoms with Gasteiger partial charge in [0.15, 0.2) is 0 Å². The van der Waals surface area contributed by atoms with Crippen LogP contribution in [0.25, 0.3) is 0 Å². The number of benzene rings is 2. The Morgan fingerprint density at radius 1 is 0.800 bits per heavy atom. The van der Waals surface area contributed by atoms with E-state index in [0.29, 0.717) is 5.75 Å². The molecule has 1 fully saturated rings. The minimum atomic E-state index is -3.84. The minimum absolute atomic E-state index is 0.0252. The lowest BCUT2D eigenvalue weighted by atomic mass is 10.2. The number of ether oxygens (including phenoxy) is 2. The number of rotatable bonds is 7. The van der Waals surface area contributed by atoms with Gasteiger partial charge in [-0.15, -0.1) is 0 Å². The Hall–Kier alpha value is -2.14. The maximum atomic E-state index is 13.1. The molecule has 8 nitrogen and oxygen atoms in total. The second-order valence-corrected chi connectivity index (χ2v) is 10.7. The maximum absolute atomic E-state index is 13.1. The summed E-state index contributed by atoms with van der Waals surface area (Å²) >= 11 is 0. The second-order valence-electron chi connectivity index (χ2n) is 6.82. The zero-order chi connectivity index (χ0) is 21.9. The highest BCUT2D eigenvalue weighted by molar-refractivity contribution is 7.89. The zero-order valence-electron chi connectivity index (χ0n) is 17.2. The highest BCUT2D eigenvalue weighted by Crippen LogP contribution is 2.31. The van der Waals surface area contributed by atoms with Gasteiger partial charge in [0, 0.05) is 32.2 Å². The van der Waals surface area contributed by atoms with Crippen molar-refractivity contribution < 1.29 is 26.3 Å². The van der Waals surface area contributed by atoms with Gasteiger partial charge in [0.05, 0.1) is 19.1 Å². The van der Waals surface area contributed by atoms with E-state index in [9.17, 15) is 16.8 Å². The summed E-state index contributed by atoms with van der Waals surface area (Å²) in [6.45, 7) is 2.28. The summed E-state index contributed by atoms with van der Waals surface area (Å²) in [6.07, 6.45) is 0.825. The molecule has 2 aromatic carbocycles. The molecule has 2 aromatic rings. The van der Waals surface area contributed by atoms with E-state index in [-0.39, 0.29) is 41.7 Å². The topological polar surface area (TPSA) is 93.2 Å². The Morgan fingerprint density at radius 2 is 1.37 bits per heavy atom. The molecule has 1 aliphatic rings. The van der Waals surface area contributed by atoms with Crippen LogP contribution in [0.15, 0.2) is 52.3 Å². The summed E-state index contributed by atoms with van der Waals surface area (Å²) in [5, 5.41) is 0. The van der Waals surface area contributed by atoms with E-state index < -0.39 is 20.0 Å². The Balaban J connectivity index is 1.77. The van der Waals surface area contributed by atoms with E-state index >= 15 is 0 Å². The van der Waals surface area contributed by atoms with Gasteiger partial charge in [0.2, 0.25) is 20.0 Å². The van der Waals surface area contributed by atoms with Crippen LogP contribution in [0.3, 0.4) is 0 Å². The van der Waals surface area contributed by atoms with Crippen molar-refractivity contribution >= 4 is 20.0 Å². The molecular formula is C20H26N2O6S2. The molecule has 0 aromatic heterocycles. The van der Waals surface area contributed by atoms with Gasteiger partial charge >= 0.3 is 0 Å². The van der Waals surface area contributed by atoms with Crippen LogP contribution in [0.2, 0.25) is 0 Å². The van der Waals surface area contributed by atoms with Gasteiger partial charge in [-0.05, 0) is 36.2 Å². The number of aryl methyl sites for hydroxylation is 1. The van der Waals surface area contributed by atoms with Gasteiger partial charge in [-0.1, -0.05) is 19.1 Å². The number of methoxy groups -OCH3 is 2. The molecule has 3 rings (SSSR count). The Labute approximate surface area is 178 Å². The van der Waals surface area contributed by atoms with E-state index in [4.69, 9.17) is 9.47 Å². The van der Waals surface area contributed by atoms with E-state index in [0.717, 1.165) is 12.0 Å². The molecule has 0 bridgehead atoms. The fourth-order valence-electron chi connectivity index (χ4n) is 3.32. The van der Waals surface area contributed by atoms with Crippen molar-refractivity contribution in [1.82, 2.24) is 8.61 Å². The van der Waals surface area contributed by atoms with Gasteiger partial charge in [-0.3, -0.25) is 0 Å². The van der Waals surface area contributed by atoms with E-state index in [1.807, 2.05) is 6.92 Å². The Bertz CT molecular complexity index is 1090. The maximum Gasteiger partial charge on any atom is 0.246 e. The van der Waals surface area contributed by atoms with Crippen LogP contribution in [-0.2, 0) is 26.5 Å². The predicted molar refractivity (Wildman–Crippen MR) is 113 cm³/mol. The molecule has 0 radical (unpaired) electrons. The first-order chi connectivity index (χ1) is 14.2. The Kier molecular flexibility index (Phi) is 6.71. The molecule has 1 saturated heterocycles. The molecular weight excluding hydrogens is 428 g/mol. The highest BCUT2D eigenvalue weighted by Gasteiger charge is 2.35. The van der Waals surface area contributed by atoms with Gasteiger partial charge in [0.25, 0.3) is 0 Å². The summed E-state index contributed by atoms with van der Waals surface area (Å²) in [7, 11) is -4.64. The van der Waals surface area contributed by atoms with Crippen molar-refractivity contribution in [2.75, 3.05) is 40.4 Å². The first-order valence-electron chi connectivity index (χ1n) is 9.55. The number of hydrogen-bond acceptors (Lipinski definition) is 6. The monoisotopic (exact) mass is 454 g/mol. The van der Waals surface area contributed by atoms with Crippen molar-refractivity contribution in [2.24, 2.45) is 0 Å². The standard InChI is InChI=1S/C20H26N2O6S2/c1-4-16-5-8-18(9-6-16)29(23,24)21-11-13-22(14-12-21)30(25,26)20-10-7-17(27-2)15-19(20)28-3/h5-10,15H,4,11-14H2,1-3H3. The normalized spacial score (nSPS) is 16.4. The van der Waals surface area contributed by atoms with E-state index in [1.54, 1.807) is 30.3 Å². The number of hydrogen-bond donors (Lipinski definition) is 0. The average molecular weight is 455 g/mol. The van der Waals surface area contributed by atoms with Crippen LogP contribution in [-0.4, -0.2) is 65.8 Å². The van der Waals surface area contributed by atoms with Crippen LogP contribution in [0.4, 0.5) is 0 Å². The predicted octanol–water partition coefficient (Wildman–Crippen LogP) is 1.96. The van der Waals surface area contributed by atoms with Gasteiger partial charge < -0.3 is 9.47 Å². The molecule has 1 heterocycles. The third-order valence-electron chi connectivity index (χ3n) is 5.16. The second kappa shape index (κ2) is 8.93. The van der Waals surface area contributed by atoms with Crippen molar-refractivity contribution in [2.45, 2.75) is 23.1 Å². The molecule has 0 N–H and O–H groups in total. The largest absolute Gasteiger partial charge is 0.497 e. The molecule has 0 aliphatic carbocycles. The molecule has 10 heteroatoms. The number of sulfonamides is 2. The lowest BCUT2D eigenvalue weighted by Crippen LogP contribution is -2.50. The van der Waals surface area contributed by atoms with Crippen LogP contribution < -0.4 is 9.47 Å². The summed E-state index contributed by atoms with van der Waals surface area (Å²) in [5.41, 5.74) is 1.05. The molecule has 0 spiro atoms. The molecule has 0 saturated carbocycles. The lowest BCUT2D eigenvalue weighted by molar-refractivity contribution is 0.272. The van der Waals surface area contributed by atoms with Crippen LogP contribution in [0, 0.1) is 0 Å². The van der Waals surface area contributed by atoms with Crippen molar-refractivity contribution in [1.29, 1.82) is 0 Å². The molecule has 0 amide bonds. The molecule has 0 unspecified atom stereocenters. The molecule has 164 valence electrons. The lowest BCUT2D eigenvalue weighted by Gasteiger charge is -2.33. The first kappa shape index (κ1) is 22.5. The van der Waals surface area contributed by atoms with Crippen LogP contribution in [0.1, 0.15) is 12.5 Å². The molecule has 30 heavy (non-hydrogen) atoms. The Morgan fingerprint density at radius 3 is 1.87 bits per heavy atom. The fourth-order valence-corrected chi connectivity index (χ4v) is 6.30. The van der Waals surface area contributed by atoms with Crippen LogP contribution >= 0.6 is 0 Å². The SMILES string of the molecule is CCc1ccc(S(=O)(=O)N2CCN(S(=O)(=O)c3ccc(OC)cc3OC)CC2)cc1. The first-order valence-corrected chi connectivity index (χ1v) is 12.4. The fraction of sp³-hybridized carbons (Fsp3) is 0.400. The summed E-state index contributed by atoms with van der Waals surface area (Å²) in [5.74, 6) is 0.663. The third kappa shape index (κ3) is 4.31. The third-order valence-corrected chi connectivity index (χ3v) is 9.01. The summed E-state index contributed by atoms with van der Waals surface area (Å²) in [6, 6.07) is 11.3. The van der Waals surface area contributed by atoms with Gasteiger partial charge in [-0.2, -0.15) is 8.61 Å². The number of nitrogens with zero attached hydrogens (tertiary/aromatic N) is 2.